The van der Waals surface area contributed by atoms with E-state index in [-0.39, 0.29) is 0 Å². The molecule has 6 aromatic rings. The number of hydrogen-bond donors (Lipinski definition) is 1. The standard InChI is InChI=1S/C30H20N2/c1-2-12-21-18(9-1)19-10-4-7-15-26(19)32-27-16-8-5-11-20(27)23-17-25-28(29(21)30(23)32)22-13-3-6-14-24(22)31-25/h1-6,8-14,16-17,31H,7,15H2. The Balaban J connectivity index is 1.75. The fourth-order valence-corrected chi connectivity index (χ4v) is 6.07. The van der Waals surface area contributed by atoms with Gasteiger partial charge in [0.25, 0.3) is 0 Å². The Labute approximate surface area is 185 Å². The minimum Gasteiger partial charge on any atom is -0.354 e. The monoisotopic (exact) mass is 408 g/mol. The van der Waals surface area contributed by atoms with Crippen LogP contribution in [0.25, 0.3) is 66.0 Å². The molecule has 0 bridgehead atoms. The summed E-state index contributed by atoms with van der Waals surface area (Å²) in [5, 5.41) is 5.27. The number of allylic oxidation sites excluding steroid dienone is 4. The van der Waals surface area contributed by atoms with Crippen LogP contribution in [0.5, 0.6) is 0 Å². The summed E-state index contributed by atoms with van der Waals surface area (Å²) in [6, 6.07) is 28.9. The number of nitrogens with zero attached hydrogens (tertiary/aromatic N) is 1. The fourth-order valence-electron chi connectivity index (χ4n) is 6.07. The van der Waals surface area contributed by atoms with Gasteiger partial charge in [-0.3, -0.25) is 0 Å². The molecule has 150 valence electrons. The Morgan fingerprint density at radius 1 is 0.719 bits per heavy atom. The van der Waals surface area contributed by atoms with E-state index in [1.807, 2.05) is 0 Å². The van der Waals surface area contributed by atoms with Crippen LogP contribution in [-0.2, 0) is 0 Å². The second-order valence-corrected chi connectivity index (χ2v) is 8.94. The summed E-state index contributed by atoms with van der Waals surface area (Å²) < 4.78 is 2.57. The van der Waals surface area contributed by atoms with E-state index in [1.54, 1.807) is 0 Å². The van der Waals surface area contributed by atoms with Gasteiger partial charge in [0.2, 0.25) is 0 Å². The Hall–Kier alpha value is -4.04. The first-order chi connectivity index (χ1) is 15.9. The molecule has 0 atom stereocenters. The highest BCUT2D eigenvalue weighted by atomic mass is 15.0. The first-order valence-electron chi connectivity index (χ1n) is 11.4. The first kappa shape index (κ1) is 16.6. The van der Waals surface area contributed by atoms with Crippen LogP contribution in [-0.4, -0.2) is 9.55 Å². The Bertz CT molecular complexity index is 1820. The molecule has 0 radical (unpaired) electrons. The molecular formula is C30H20N2. The molecule has 4 aromatic carbocycles. The highest BCUT2D eigenvalue weighted by Gasteiger charge is 2.28. The number of aromatic amines is 1. The quantitative estimate of drug-likeness (QED) is 0.262. The maximum atomic E-state index is 3.72. The third-order valence-corrected chi connectivity index (χ3v) is 7.32. The topological polar surface area (TPSA) is 20.7 Å². The van der Waals surface area contributed by atoms with Gasteiger partial charge < -0.3 is 9.55 Å². The van der Waals surface area contributed by atoms with Gasteiger partial charge in [-0.1, -0.05) is 72.8 Å². The van der Waals surface area contributed by atoms with Crippen molar-refractivity contribution >= 4 is 54.9 Å². The number of benzene rings is 4. The van der Waals surface area contributed by atoms with Crippen molar-refractivity contribution in [2.75, 3.05) is 0 Å². The van der Waals surface area contributed by atoms with Gasteiger partial charge in [-0.05, 0) is 42.2 Å². The summed E-state index contributed by atoms with van der Waals surface area (Å²) in [7, 11) is 0. The number of nitrogens with one attached hydrogen (secondary N) is 1. The van der Waals surface area contributed by atoms with Crippen molar-refractivity contribution < 1.29 is 0 Å². The second-order valence-electron chi connectivity index (χ2n) is 8.94. The van der Waals surface area contributed by atoms with Crippen molar-refractivity contribution in [3.8, 4) is 11.1 Å². The van der Waals surface area contributed by atoms with Crippen molar-refractivity contribution in [1.29, 1.82) is 0 Å². The lowest BCUT2D eigenvalue weighted by Gasteiger charge is -2.18. The van der Waals surface area contributed by atoms with E-state index in [2.05, 4.69) is 101 Å². The van der Waals surface area contributed by atoms with Crippen molar-refractivity contribution in [3.63, 3.8) is 0 Å². The molecule has 0 unspecified atom stereocenters. The average Bonchev–Trinajstić information content (AvgIpc) is 3.34. The van der Waals surface area contributed by atoms with Crippen molar-refractivity contribution in [3.05, 3.63) is 96.6 Å². The lowest BCUT2D eigenvalue weighted by Crippen LogP contribution is -2.01. The van der Waals surface area contributed by atoms with E-state index in [0.29, 0.717) is 0 Å². The predicted molar refractivity (Wildman–Crippen MR) is 136 cm³/mol. The van der Waals surface area contributed by atoms with Gasteiger partial charge in [0.1, 0.15) is 0 Å². The van der Waals surface area contributed by atoms with Crippen LogP contribution in [0, 0.1) is 0 Å². The van der Waals surface area contributed by atoms with Crippen molar-refractivity contribution in [2.24, 2.45) is 0 Å². The van der Waals surface area contributed by atoms with Gasteiger partial charge in [-0.15, -0.1) is 0 Å². The summed E-state index contributed by atoms with van der Waals surface area (Å²) >= 11 is 0. The molecule has 0 spiro atoms. The van der Waals surface area contributed by atoms with Crippen LogP contribution in [0.15, 0.2) is 91.0 Å². The molecule has 1 N–H and O–H groups in total. The van der Waals surface area contributed by atoms with E-state index in [9.17, 15) is 0 Å². The highest BCUT2D eigenvalue weighted by Crippen LogP contribution is 2.50. The fraction of sp³-hybridized carbons (Fsp3) is 0.0667. The Morgan fingerprint density at radius 2 is 1.50 bits per heavy atom. The molecule has 8 rings (SSSR count). The summed E-state index contributed by atoms with van der Waals surface area (Å²) in [5.74, 6) is 0. The lowest BCUT2D eigenvalue weighted by molar-refractivity contribution is 0.986. The van der Waals surface area contributed by atoms with Gasteiger partial charge >= 0.3 is 0 Å². The van der Waals surface area contributed by atoms with Crippen molar-refractivity contribution in [1.82, 2.24) is 9.55 Å². The zero-order valence-electron chi connectivity index (χ0n) is 17.5. The smallest absolute Gasteiger partial charge is 0.0624 e. The van der Waals surface area contributed by atoms with Gasteiger partial charge in [0.15, 0.2) is 0 Å². The zero-order valence-corrected chi connectivity index (χ0v) is 17.5. The lowest BCUT2D eigenvalue weighted by atomic mass is 9.89. The SMILES string of the molecule is C1=CC2=C(CC1)n1c3ccccc3c3cc4[nH]c5ccccc5c4c(c31)-c1ccccc12. The average molecular weight is 409 g/mol. The molecule has 0 saturated carbocycles. The van der Waals surface area contributed by atoms with Crippen LogP contribution in [0.2, 0.25) is 0 Å². The Kier molecular flexibility index (Phi) is 3.01. The minimum absolute atomic E-state index is 1.05. The molecule has 1 aliphatic heterocycles. The van der Waals surface area contributed by atoms with E-state index < -0.39 is 0 Å². The second kappa shape index (κ2) is 5.80. The van der Waals surface area contributed by atoms with Crippen LogP contribution >= 0.6 is 0 Å². The van der Waals surface area contributed by atoms with Crippen LogP contribution < -0.4 is 0 Å². The molecule has 0 fully saturated rings. The first-order valence-corrected chi connectivity index (χ1v) is 11.4. The maximum Gasteiger partial charge on any atom is 0.0624 e. The Morgan fingerprint density at radius 3 is 2.44 bits per heavy atom. The number of rotatable bonds is 0. The number of para-hydroxylation sites is 2. The molecular weight excluding hydrogens is 388 g/mol. The highest BCUT2D eigenvalue weighted by molar-refractivity contribution is 6.28. The van der Waals surface area contributed by atoms with Crippen LogP contribution in [0.1, 0.15) is 18.4 Å². The number of hydrogen-bond acceptors (Lipinski definition) is 0. The van der Waals surface area contributed by atoms with Gasteiger partial charge in [0.05, 0.1) is 11.0 Å². The number of H-pyrrole nitrogens is 1. The van der Waals surface area contributed by atoms with Gasteiger partial charge in [-0.25, -0.2) is 0 Å². The third-order valence-electron chi connectivity index (χ3n) is 7.32. The molecule has 0 saturated heterocycles. The van der Waals surface area contributed by atoms with E-state index >= 15 is 0 Å². The van der Waals surface area contributed by atoms with E-state index in [1.165, 1.54) is 71.6 Å². The molecule has 2 aliphatic rings. The molecule has 2 nitrogen and oxygen atoms in total. The molecule has 3 heterocycles. The predicted octanol–water partition coefficient (Wildman–Crippen LogP) is 8.13. The molecule has 32 heavy (non-hydrogen) atoms. The summed E-state index contributed by atoms with van der Waals surface area (Å²) in [6.45, 7) is 0. The molecule has 2 aromatic heterocycles. The van der Waals surface area contributed by atoms with Crippen LogP contribution in [0.4, 0.5) is 0 Å². The number of fused-ring (bicyclic) bond motifs is 11. The summed E-state index contributed by atoms with van der Waals surface area (Å²) in [6.07, 6.45) is 6.81. The zero-order chi connectivity index (χ0) is 20.8. The van der Waals surface area contributed by atoms with Gasteiger partial charge in [-0.2, -0.15) is 0 Å². The van der Waals surface area contributed by atoms with Gasteiger partial charge in [0, 0.05) is 49.4 Å². The van der Waals surface area contributed by atoms with Crippen molar-refractivity contribution in [2.45, 2.75) is 12.8 Å². The normalized spacial score (nSPS) is 15.0. The maximum absolute atomic E-state index is 3.72. The van der Waals surface area contributed by atoms with E-state index in [4.69, 9.17) is 0 Å². The molecule has 0 amide bonds. The van der Waals surface area contributed by atoms with Crippen LogP contribution in [0.3, 0.4) is 0 Å². The number of aromatic nitrogens is 2. The third kappa shape index (κ3) is 1.91. The minimum atomic E-state index is 1.05. The van der Waals surface area contributed by atoms with E-state index in [0.717, 1.165) is 12.8 Å². The summed E-state index contributed by atoms with van der Waals surface area (Å²) in [4.78, 5) is 3.72. The molecule has 2 heteroatoms. The largest absolute Gasteiger partial charge is 0.354 e. The summed E-state index contributed by atoms with van der Waals surface area (Å²) in [5.41, 5.74) is 11.8. The molecule has 1 aliphatic carbocycles.